The second kappa shape index (κ2) is 2.82. The molecule has 12 heavy (non-hydrogen) atoms. The zero-order valence-electron chi connectivity index (χ0n) is 6.53. The number of hydrogen-bond donors (Lipinski definition) is 0. The van der Waals surface area contributed by atoms with Crippen molar-refractivity contribution in [3.8, 4) is 11.8 Å². The fourth-order valence-electron chi connectivity index (χ4n) is 1.29. The molecule has 0 N–H and O–H groups in total. The van der Waals surface area contributed by atoms with Crippen LogP contribution in [0.2, 0.25) is 0 Å². The molecule has 3 heteroatoms. The predicted molar refractivity (Wildman–Crippen MR) is 42.6 cm³/mol. The summed E-state index contributed by atoms with van der Waals surface area (Å²) in [7, 11) is 0. The molecule has 0 bridgehead atoms. The van der Waals surface area contributed by atoms with Crippen molar-refractivity contribution in [1.82, 2.24) is 4.98 Å². The number of aromatic nitrogens is 1. The van der Waals surface area contributed by atoms with Gasteiger partial charge >= 0.3 is 0 Å². The molecule has 1 atom stereocenters. The van der Waals surface area contributed by atoms with E-state index in [9.17, 15) is 0 Å². The highest BCUT2D eigenvalue weighted by Crippen LogP contribution is 2.24. The monoisotopic (exact) mass is 160 g/mol. The lowest BCUT2D eigenvalue weighted by Gasteiger charge is -2.19. The first-order valence-electron chi connectivity index (χ1n) is 3.90. The summed E-state index contributed by atoms with van der Waals surface area (Å²) in [5, 5.41) is 8.62. The van der Waals surface area contributed by atoms with Crippen LogP contribution in [0.3, 0.4) is 0 Å². The van der Waals surface area contributed by atoms with Crippen molar-refractivity contribution in [3.05, 3.63) is 24.0 Å². The second-order valence-corrected chi connectivity index (χ2v) is 2.72. The van der Waals surface area contributed by atoms with Gasteiger partial charge in [0.05, 0.1) is 5.69 Å². The number of nitrogens with zero attached hydrogens (tertiary/aromatic N) is 2. The van der Waals surface area contributed by atoms with Crippen LogP contribution >= 0.6 is 0 Å². The normalized spacial score (nSPS) is 20.4. The van der Waals surface area contributed by atoms with Crippen LogP contribution in [0.5, 0.6) is 5.75 Å². The highest BCUT2D eigenvalue weighted by atomic mass is 16.5. The summed E-state index contributed by atoms with van der Waals surface area (Å²) in [5.41, 5.74) is 0.962. The van der Waals surface area contributed by atoms with E-state index >= 15 is 0 Å². The van der Waals surface area contributed by atoms with Gasteiger partial charge in [-0.25, -0.2) is 0 Å². The number of fused-ring (bicyclic) bond motifs is 1. The minimum atomic E-state index is -0.290. The van der Waals surface area contributed by atoms with Gasteiger partial charge in [0.25, 0.3) is 0 Å². The van der Waals surface area contributed by atoms with Crippen LogP contribution in [0.1, 0.15) is 12.1 Å². The van der Waals surface area contributed by atoms with Crippen LogP contribution in [0.25, 0.3) is 0 Å². The molecule has 0 aliphatic carbocycles. The molecule has 0 fully saturated rings. The highest BCUT2D eigenvalue weighted by molar-refractivity contribution is 5.29. The van der Waals surface area contributed by atoms with E-state index in [2.05, 4.69) is 11.1 Å². The molecule has 1 aromatic heterocycles. The Morgan fingerprint density at radius 2 is 2.58 bits per heavy atom. The third-order valence-electron chi connectivity index (χ3n) is 1.91. The minimum absolute atomic E-state index is 0.290. The first-order valence-corrected chi connectivity index (χ1v) is 3.90. The van der Waals surface area contributed by atoms with E-state index in [0.717, 1.165) is 24.3 Å². The van der Waals surface area contributed by atoms with E-state index in [1.54, 1.807) is 6.20 Å². The number of hydrogen-bond acceptors (Lipinski definition) is 3. The molecule has 0 spiro atoms. The molecule has 1 aliphatic rings. The smallest absolute Gasteiger partial charge is 0.184 e. The van der Waals surface area contributed by atoms with Crippen molar-refractivity contribution in [2.24, 2.45) is 0 Å². The third kappa shape index (κ3) is 1.12. The molecule has 0 amide bonds. The summed E-state index contributed by atoms with van der Waals surface area (Å²) < 4.78 is 5.36. The topological polar surface area (TPSA) is 45.9 Å². The van der Waals surface area contributed by atoms with Crippen LogP contribution in [-0.2, 0) is 6.42 Å². The third-order valence-corrected chi connectivity index (χ3v) is 1.91. The molecule has 60 valence electrons. The van der Waals surface area contributed by atoms with Gasteiger partial charge in [0.1, 0.15) is 11.8 Å². The Bertz CT molecular complexity index is 330. The molecule has 2 heterocycles. The molecule has 3 nitrogen and oxygen atoms in total. The minimum Gasteiger partial charge on any atom is -0.474 e. The SMILES string of the molecule is N#CC1CCc2ncccc2O1. The molecule has 0 saturated heterocycles. The number of aryl methyl sites for hydroxylation is 1. The Morgan fingerprint density at radius 1 is 1.67 bits per heavy atom. The quantitative estimate of drug-likeness (QED) is 0.574. The van der Waals surface area contributed by atoms with E-state index in [-0.39, 0.29) is 6.10 Å². The van der Waals surface area contributed by atoms with Gasteiger partial charge in [-0.3, -0.25) is 4.98 Å². The largest absolute Gasteiger partial charge is 0.474 e. The maximum atomic E-state index is 8.62. The lowest BCUT2D eigenvalue weighted by atomic mass is 10.1. The molecular formula is C9H8N2O. The van der Waals surface area contributed by atoms with E-state index in [1.807, 2.05) is 12.1 Å². The Kier molecular flexibility index (Phi) is 1.67. The zero-order valence-corrected chi connectivity index (χ0v) is 6.53. The molecule has 0 saturated carbocycles. The van der Waals surface area contributed by atoms with E-state index in [1.165, 1.54) is 0 Å². The highest BCUT2D eigenvalue weighted by Gasteiger charge is 2.18. The van der Waals surface area contributed by atoms with E-state index in [0.29, 0.717) is 0 Å². The van der Waals surface area contributed by atoms with Gasteiger partial charge in [-0.2, -0.15) is 5.26 Å². The molecule has 1 unspecified atom stereocenters. The van der Waals surface area contributed by atoms with Crippen molar-refractivity contribution in [2.45, 2.75) is 18.9 Å². The van der Waals surface area contributed by atoms with E-state index < -0.39 is 0 Å². The number of nitriles is 1. The van der Waals surface area contributed by atoms with Crippen molar-refractivity contribution < 1.29 is 4.74 Å². The average Bonchev–Trinajstić information content (AvgIpc) is 2.17. The van der Waals surface area contributed by atoms with Gasteiger partial charge < -0.3 is 4.74 Å². The van der Waals surface area contributed by atoms with Crippen molar-refractivity contribution in [2.75, 3.05) is 0 Å². The molecule has 0 aromatic carbocycles. The number of ether oxygens (including phenoxy) is 1. The van der Waals surface area contributed by atoms with Crippen LogP contribution in [0.15, 0.2) is 18.3 Å². The number of rotatable bonds is 0. The zero-order chi connectivity index (χ0) is 8.39. The van der Waals surface area contributed by atoms with Crippen LogP contribution < -0.4 is 4.74 Å². The summed E-state index contributed by atoms with van der Waals surface area (Å²) in [6.45, 7) is 0. The first-order chi connectivity index (χ1) is 5.90. The number of pyridine rings is 1. The van der Waals surface area contributed by atoms with Gasteiger partial charge in [0.2, 0.25) is 0 Å². The van der Waals surface area contributed by atoms with Crippen LogP contribution in [0.4, 0.5) is 0 Å². The Balaban J connectivity index is 2.30. The summed E-state index contributed by atoms with van der Waals surface area (Å²) in [5.74, 6) is 0.760. The molecule has 1 aromatic rings. The predicted octanol–water partition coefficient (Wildman–Crippen LogP) is 1.30. The average molecular weight is 160 g/mol. The van der Waals surface area contributed by atoms with Crippen molar-refractivity contribution in [3.63, 3.8) is 0 Å². The van der Waals surface area contributed by atoms with Crippen molar-refractivity contribution >= 4 is 0 Å². The summed E-state index contributed by atoms with van der Waals surface area (Å²) >= 11 is 0. The maximum Gasteiger partial charge on any atom is 0.184 e. The van der Waals surface area contributed by atoms with Gasteiger partial charge in [0, 0.05) is 12.6 Å². The maximum absolute atomic E-state index is 8.62. The van der Waals surface area contributed by atoms with Crippen molar-refractivity contribution in [1.29, 1.82) is 5.26 Å². The first kappa shape index (κ1) is 7.11. The molecule has 2 rings (SSSR count). The Hall–Kier alpha value is -1.56. The summed E-state index contributed by atoms with van der Waals surface area (Å²) in [4.78, 5) is 4.15. The second-order valence-electron chi connectivity index (χ2n) is 2.72. The Morgan fingerprint density at radius 3 is 3.42 bits per heavy atom. The van der Waals surface area contributed by atoms with Crippen LogP contribution in [0, 0.1) is 11.3 Å². The van der Waals surface area contributed by atoms with Gasteiger partial charge in [0.15, 0.2) is 6.10 Å². The van der Waals surface area contributed by atoms with Gasteiger partial charge in [-0.05, 0) is 18.6 Å². The van der Waals surface area contributed by atoms with Gasteiger partial charge in [-0.15, -0.1) is 0 Å². The standard InChI is InChI=1S/C9H8N2O/c10-6-7-3-4-8-9(12-7)2-1-5-11-8/h1-2,5,7H,3-4H2. The molecule has 1 aliphatic heterocycles. The lowest BCUT2D eigenvalue weighted by molar-refractivity contribution is 0.222. The lowest BCUT2D eigenvalue weighted by Crippen LogP contribution is -2.21. The van der Waals surface area contributed by atoms with E-state index in [4.69, 9.17) is 10.00 Å². The Labute approximate surface area is 70.6 Å². The summed E-state index contributed by atoms with van der Waals surface area (Å²) in [6, 6.07) is 5.77. The molecular weight excluding hydrogens is 152 g/mol. The molecule has 0 radical (unpaired) electrons. The van der Waals surface area contributed by atoms with Crippen LogP contribution in [-0.4, -0.2) is 11.1 Å². The fourth-order valence-corrected chi connectivity index (χ4v) is 1.29. The van der Waals surface area contributed by atoms with Gasteiger partial charge in [-0.1, -0.05) is 0 Å². The summed E-state index contributed by atoms with van der Waals surface area (Å²) in [6.07, 6.45) is 3.05. The fraction of sp³-hybridized carbons (Fsp3) is 0.333.